The average molecular weight is 219 g/mol. The lowest BCUT2D eigenvalue weighted by atomic mass is 9.83. The first-order valence-corrected chi connectivity index (χ1v) is 6.10. The van der Waals surface area contributed by atoms with Gasteiger partial charge >= 0.3 is 0 Å². The highest BCUT2D eigenvalue weighted by Gasteiger charge is 2.18. The molecule has 0 saturated carbocycles. The van der Waals surface area contributed by atoms with Crippen LogP contribution in [0.1, 0.15) is 57.4 Å². The molecule has 1 nitrogen and oxygen atoms in total. The summed E-state index contributed by atoms with van der Waals surface area (Å²) in [6.45, 7) is 13.2. The molecule has 0 heterocycles. The summed E-state index contributed by atoms with van der Waals surface area (Å²) in [6.07, 6.45) is 0. The second-order valence-electron chi connectivity index (χ2n) is 6.09. The maximum absolute atomic E-state index is 6.25. The summed E-state index contributed by atoms with van der Waals surface area (Å²) in [4.78, 5) is 0. The maximum Gasteiger partial charge on any atom is 0.0320 e. The van der Waals surface area contributed by atoms with Crippen molar-refractivity contribution in [1.82, 2.24) is 0 Å². The molecule has 0 spiro atoms. The van der Waals surface area contributed by atoms with Gasteiger partial charge in [-0.15, -0.1) is 0 Å². The van der Waals surface area contributed by atoms with Crippen LogP contribution in [0.25, 0.3) is 0 Å². The summed E-state index contributed by atoms with van der Waals surface area (Å²) in [6, 6.07) is 6.83. The molecule has 0 aromatic heterocycles. The van der Waals surface area contributed by atoms with E-state index in [2.05, 4.69) is 59.7 Å². The molecule has 0 amide bonds. The molecule has 1 rings (SSSR count). The maximum atomic E-state index is 6.25. The van der Waals surface area contributed by atoms with Crippen LogP contribution in [-0.2, 0) is 5.41 Å². The Balaban J connectivity index is 3.19. The summed E-state index contributed by atoms with van der Waals surface area (Å²) in [5.41, 5.74) is 10.4. The van der Waals surface area contributed by atoms with Gasteiger partial charge < -0.3 is 5.73 Å². The highest BCUT2D eigenvalue weighted by molar-refractivity contribution is 5.36. The third kappa shape index (κ3) is 2.85. The van der Waals surface area contributed by atoms with Gasteiger partial charge in [0.15, 0.2) is 0 Å². The minimum absolute atomic E-state index is 0.141. The summed E-state index contributed by atoms with van der Waals surface area (Å²) in [5.74, 6) is 0.480. The van der Waals surface area contributed by atoms with Gasteiger partial charge in [0.05, 0.1) is 0 Å². The van der Waals surface area contributed by atoms with E-state index < -0.39 is 0 Å². The Morgan fingerprint density at radius 1 is 1.12 bits per heavy atom. The van der Waals surface area contributed by atoms with Crippen molar-refractivity contribution >= 4 is 0 Å². The first-order valence-electron chi connectivity index (χ1n) is 6.10. The zero-order chi connectivity index (χ0) is 12.5. The Bertz CT molecular complexity index is 358. The van der Waals surface area contributed by atoms with Crippen LogP contribution in [-0.4, -0.2) is 0 Å². The van der Waals surface area contributed by atoms with Crippen LogP contribution in [0.15, 0.2) is 18.2 Å². The van der Waals surface area contributed by atoms with Gasteiger partial charge in [-0.2, -0.15) is 0 Å². The van der Waals surface area contributed by atoms with E-state index in [4.69, 9.17) is 5.73 Å². The number of aryl methyl sites for hydroxylation is 1. The van der Waals surface area contributed by atoms with Crippen LogP contribution < -0.4 is 5.73 Å². The van der Waals surface area contributed by atoms with Crippen molar-refractivity contribution in [2.45, 2.75) is 53.0 Å². The van der Waals surface area contributed by atoms with Crippen molar-refractivity contribution in [3.63, 3.8) is 0 Å². The highest BCUT2D eigenvalue weighted by Crippen LogP contribution is 2.28. The smallest absolute Gasteiger partial charge is 0.0320 e. The predicted molar refractivity (Wildman–Crippen MR) is 71.6 cm³/mol. The molecule has 16 heavy (non-hydrogen) atoms. The van der Waals surface area contributed by atoms with Crippen LogP contribution in [0.3, 0.4) is 0 Å². The number of rotatable bonds is 2. The molecule has 1 atom stereocenters. The van der Waals surface area contributed by atoms with E-state index in [1.54, 1.807) is 0 Å². The lowest BCUT2D eigenvalue weighted by molar-refractivity contribution is 0.509. The normalized spacial score (nSPS) is 14.2. The van der Waals surface area contributed by atoms with Gasteiger partial charge in [-0.05, 0) is 34.9 Å². The third-order valence-electron chi connectivity index (χ3n) is 3.22. The highest BCUT2D eigenvalue weighted by atomic mass is 14.6. The topological polar surface area (TPSA) is 26.0 Å². The van der Waals surface area contributed by atoms with Gasteiger partial charge in [0.25, 0.3) is 0 Å². The molecule has 0 saturated heterocycles. The average Bonchev–Trinajstić information content (AvgIpc) is 2.15. The largest absolute Gasteiger partial charge is 0.324 e. The molecular weight excluding hydrogens is 194 g/mol. The second-order valence-corrected chi connectivity index (χ2v) is 6.09. The Labute approximate surface area is 100 Å². The molecule has 1 unspecified atom stereocenters. The number of benzene rings is 1. The number of hydrogen-bond acceptors (Lipinski definition) is 1. The van der Waals surface area contributed by atoms with Crippen molar-refractivity contribution in [3.05, 3.63) is 34.9 Å². The van der Waals surface area contributed by atoms with E-state index >= 15 is 0 Å². The summed E-state index contributed by atoms with van der Waals surface area (Å²) in [7, 11) is 0. The van der Waals surface area contributed by atoms with E-state index in [-0.39, 0.29) is 11.5 Å². The zero-order valence-electron chi connectivity index (χ0n) is 11.5. The van der Waals surface area contributed by atoms with Crippen molar-refractivity contribution in [1.29, 1.82) is 0 Å². The van der Waals surface area contributed by atoms with Gasteiger partial charge in [-0.3, -0.25) is 0 Å². The molecule has 1 aromatic rings. The molecule has 1 aromatic carbocycles. The summed E-state index contributed by atoms with van der Waals surface area (Å²) < 4.78 is 0. The molecule has 0 aliphatic rings. The predicted octanol–water partition coefficient (Wildman–Crippen LogP) is 3.95. The van der Waals surface area contributed by atoms with E-state index in [0.717, 1.165) is 0 Å². The summed E-state index contributed by atoms with van der Waals surface area (Å²) >= 11 is 0. The first-order chi connectivity index (χ1) is 7.23. The van der Waals surface area contributed by atoms with Crippen LogP contribution >= 0.6 is 0 Å². The van der Waals surface area contributed by atoms with Gasteiger partial charge in [0.1, 0.15) is 0 Å². The van der Waals surface area contributed by atoms with Crippen LogP contribution in [0, 0.1) is 12.8 Å². The van der Waals surface area contributed by atoms with Crippen molar-refractivity contribution in [2.75, 3.05) is 0 Å². The number of nitrogens with two attached hydrogens (primary N) is 1. The second kappa shape index (κ2) is 4.58. The minimum Gasteiger partial charge on any atom is -0.324 e. The molecule has 0 fully saturated rings. The SMILES string of the molecule is Cc1ccc(C(C)(C)C)cc1C(N)C(C)C. The van der Waals surface area contributed by atoms with Crippen molar-refractivity contribution < 1.29 is 0 Å². The molecule has 0 aliphatic heterocycles. The van der Waals surface area contributed by atoms with Crippen LogP contribution in [0.2, 0.25) is 0 Å². The van der Waals surface area contributed by atoms with E-state index in [0.29, 0.717) is 5.92 Å². The molecule has 1 heteroatoms. The third-order valence-corrected chi connectivity index (χ3v) is 3.22. The van der Waals surface area contributed by atoms with Crippen molar-refractivity contribution in [3.8, 4) is 0 Å². The Kier molecular flexibility index (Phi) is 3.80. The van der Waals surface area contributed by atoms with Crippen molar-refractivity contribution in [2.24, 2.45) is 11.7 Å². The lowest BCUT2D eigenvalue weighted by Gasteiger charge is -2.24. The lowest BCUT2D eigenvalue weighted by Crippen LogP contribution is -2.19. The monoisotopic (exact) mass is 219 g/mol. The fourth-order valence-corrected chi connectivity index (χ4v) is 1.83. The Hall–Kier alpha value is -0.820. The molecule has 0 radical (unpaired) electrons. The summed E-state index contributed by atoms with van der Waals surface area (Å²) in [5, 5.41) is 0. The molecule has 90 valence electrons. The van der Waals surface area contributed by atoms with Gasteiger partial charge in [-0.1, -0.05) is 52.8 Å². The van der Waals surface area contributed by atoms with E-state index in [1.807, 2.05) is 0 Å². The molecule has 0 aliphatic carbocycles. The zero-order valence-corrected chi connectivity index (χ0v) is 11.5. The van der Waals surface area contributed by atoms with Crippen LogP contribution in [0.4, 0.5) is 0 Å². The molecule has 0 bridgehead atoms. The van der Waals surface area contributed by atoms with E-state index in [1.165, 1.54) is 16.7 Å². The Morgan fingerprint density at radius 2 is 1.69 bits per heavy atom. The van der Waals surface area contributed by atoms with Gasteiger partial charge in [-0.25, -0.2) is 0 Å². The van der Waals surface area contributed by atoms with Gasteiger partial charge in [0.2, 0.25) is 0 Å². The standard InChI is InChI=1S/C15H25N/c1-10(2)14(16)13-9-12(15(4,5)6)8-7-11(13)3/h7-10,14H,16H2,1-6H3. The molecular formula is C15H25N. The minimum atomic E-state index is 0.141. The molecule has 2 N–H and O–H groups in total. The fourth-order valence-electron chi connectivity index (χ4n) is 1.83. The van der Waals surface area contributed by atoms with E-state index in [9.17, 15) is 0 Å². The Morgan fingerprint density at radius 3 is 2.12 bits per heavy atom. The first kappa shape index (κ1) is 13.2. The van der Waals surface area contributed by atoms with Crippen LogP contribution in [0.5, 0.6) is 0 Å². The number of hydrogen-bond donors (Lipinski definition) is 1. The fraction of sp³-hybridized carbons (Fsp3) is 0.600. The van der Waals surface area contributed by atoms with Gasteiger partial charge in [0, 0.05) is 6.04 Å². The quantitative estimate of drug-likeness (QED) is 0.801.